The zero-order valence-electron chi connectivity index (χ0n) is 10.8. The average Bonchev–Trinajstić information content (AvgIpc) is 2.89. The lowest BCUT2D eigenvalue weighted by Crippen LogP contribution is -2.31. The first-order valence-corrected chi connectivity index (χ1v) is 5.87. The maximum Gasteiger partial charge on any atom is 0.255 e. The predicted molar refractivity (Wildman–Crippen MR) is 67.5 cm³/mol. The summed E-state index contributed by atoms with van der Waals surface area (Å²) in [4.78, 5) is 20.2. The van der Waals surface area contributed by atoms with Gasteiger partial charge in [0.05, 0.1) is 24.1 Å². The van der Waals surface area contributed by atoms with E-state index in [0.717, 1.165) is 0 Å². The van der Waals surface area contributed by atoms with E-state index in [1.807, 2.05) is 0 Å². The van der Waals surface area contributed by atoms with Crippen LogP contribution in [-0.2, 0) is 0 Å². The van der Waals surface area contributed by atoms with E-state index >= 15 is 0 Å². The predicted octanol–water partition coefficient (Wildman–Crippen LogP) is 1.15. The Morgan fingerprint density at radius 3 is 2.89 bits per heavy atom. The Bertz CT molecular complexity index is 567. The highest BCUT2D eigenvalue weighted by Gasteiger charge is 2.19. The number of hydrogen-bond donors (Lipinski definition) is 2. The number of aliphatic hydroxyl groups excluding tert-OH is 1. The molecule has 0 bridgehead atoms. The molecule has 2 aromatic heterocycles. The molecule has 6 nitrogen and oxygen atoms in total. The summed E-state index contributed by atoms with van der Waals surface area (Å²) in [5, 5.41) is 12.0. The van der Waals surface area contributed by atoms with Crippen molar-refractivity contribution >= 4 is 5.91 Å². The van der Waals surface area contributed by atoms with Crippen LogP contribution in [0.1, 0.15) is 33.7 Å². The van der Waals surface area contributed by atoms with Crippen LogP contribution < -0.4 is 5.32 Å². The van der Waals surface area contributed by atoms with Gasteiger partial charge in [0.15, 0.2) is 0 Å². The Labute approximate surface area is 110 Å². The van der Waals surface area contributed by atoms with Crippen molar-refractivity contribution in [3.05, 3.63) is 47.4 Å². The van der Waals surface area contributed by atoms with Crippen LogP contribution in [0.25, 0.3) is 0 Å². The molecule has 0 radical (unpaired) electrons. The van der Waals surface area contributed by atoms with Crippen LogP contribution >= 0.6 is 0 Å². The number of aliphatic hydroxyl groups is 1. The van der Waals surface area contributed by atoms with Crippen molar-refractivity contribution in [2.24, 2.45) is 0 Å². The number of nitrogens with zero attached hydrogens (tertiary/aromatic N) is 2. The second kappa shape index (κ2) is 5.62. The molecule has 2 heterocycles. The third kappa shape index (κ3) is 2.97. The molecule has 1 atom stereocenters. The third-order valence-electron chi connectivity index (χ3n) is 2.72. The van der Waals surface area contributed by atoms with Crippen molar-refractivity contribution in [1.29, 1.82) is 0 Å². The fourth-order valence-corrected chi connectivity index (χ4v) is 1.74. The molecule has 0 aliphatic heterocycles. The minimum absolute atomic E-state index is 0.245. The number of hydrogen-bond acceptors (Lipinski definition) is 5. The number of furan rings is 1. The Morgan fingerprint density at radius 1 is 1.53 bits per heavy atom. The van der Waals surface area contributed by atoms with Crippen molar-refractivity contribution in [3.8, 4) is 0 Å². The number of carbonyl (C=O) groups excluding carboxylic acids is 1. The van der Waals surface area contributed by atoms with E-state index in [0.29, 0.717) is 22.8 Å². The van der Waals surface area contributed by atoms with Crippen molar-refractivity contribution in [2.75, 3.05) is 6.61 Å². The van der Waals surface area contributed by atoms with Gasteiger partial charge in [-0.1, -0.05) is 0 Å². The molecule has 19 heavy (non-hydrogen) atoms. The minimum Gasteiger partial charge on any atom is -0.467 e. The molecular weight excluding hydrogens is 246 g/mol. The van der Waals surface area contributed by atoms with Gasteiger partial charge in [-0.2, -0.15) is 0 Å². The molecule has 0 fully saturated rings. The van der Waals surface area contributed by atoms with Crippen molar-refractivity contribution < 1.29 is 14.3 Å². The van der Waals surface area contributed by atoms with Crippen LogP contribution in [0.3, 0.4) is 0 Å². The summed E-state index contributed by atoms with van der Waals surface area (Å²) in [6.07, 6.45) is 2.97. The molecule has 2 N–H and O–H groups in total. The number of carbonyl (C=O) groups is 1. The van der Waals surface area contributed by atoms with Crippen LogP contribution in [-0.4, -0.2) is 27.6 Å². The van der Waals surface area contributed by atoms with Crippen molar-refractivity contribution in [1.82, 2.24) is 15.3 Å². The SMILES string of the molecule is Cc1ncc(C(=O)NC(CO)c2ccco2)c(C)n1. The van der Waals surface area contributed by atoms with Gasteiger partial charge in [0.1, 0.15) is 17.6 Å². The number of amides is 1. The standard InChI is InChI=1S/C13H15N3O3/c1-8-10(6-14-9(2)15-8)13(18)16-11(7-17)12-4-3-5-19-12/h3-6,11,17H,7H2,1-2H3,(H,16,18). The summed E-state index contributed by atoms with van der Waals surface area (Å²) in [5.74, 6) is 0.772. The quantitative estimate of drug-likeness (QED) is 0.862. The smallest absolute Gasteiger partial charge is 0.255 e. The van der Waals surface area contributed by atoms with Gasteiger partial charge in [-0.3, -0.25) is 4.79 Å². The fraction of sp³-hybridized carbons (Fsp3) is 0.308. The Kier molecular flexibility index (Phi) is 3.91. The highest BCUT2D eigenvalue weighted by molar-refractivity contribution is 5.95. The van der Waals surface area contributed by atoms with Gasteiger partial charge < -0.3 is 14.8 Å². The second-order valence-corrected chi connectivity index (χ2v) is 4.14. The van der Waals surface area contributed by atoms with Crippen molar-refractivity contribution in [2.45, 2.75) is 19.9 Å². The van der Waals surface area contributed by atoms with E-state index in [1.54, 1.807) is 26.0 Å². The third-order valence-corrected chi connectivity index (χ3v) is 2.72. The number of aryl methyl sites for hydroxylation is 2. The first-order valence-electron chi connectivity index (χ1n) is 5.87. The fourth-order valence-electron chi connectivity index (χ4n) is 1.74. The highest BCUT2D eigenvalue weighted by Crippen LogP contribution is 2.14. The highest BCUT2D eigenvalue weighted by atomic mass is 16.3. The molecule has 6 heteroatoms. The Balaban J connectivity index is 2.16. The molecule has 0 saturated carbocycles. The molecular formula is C13H15N3O3. The monoisotopic (exact) mass is 261 g/mol. The molecule has 0 aliphatic rings. The van der Waals surface area contributed by atoms with E-state index in [2.05, 4.69) is 15.3 Å². The van der Waals surface area contributed by atoms with Gasteiger partial charge in [-0.05, 0) is 26.0 Å². The number of aromatic nitrogens is 2. The topological polar surface area (TPSA) is 88.2 Å². The lowest BCUT2D eigenvalue weighted by atomic mass is 10.2. The van der Waals surface area contributed by atoms with Crippen LogP contribution in [0, 0.1) is 13.8 Å². The van der Waals surface area contributed by atoms with Gasteiger partial charge in [-0.25, -0.2) is 9.97 Å². The van der Waals surface area contributed by atoms with E-state index in [4.69, 9.17) is 4.42 Å². The van der Waals surface area contributed by atoms with Gasteiger partial charge in [0.2, 0.25) is 0 Å². The first kappa shape index (κ1) is 13.2. The number of rotatable bonds is 4. The first-order chi connectivity index (χ1) is 9.11. The van der Waals surface area contributed by atoms with Crippen LogP contribution in [0.5, 0.6) is 0 Å². The zero-order chi connectivity index (χ0) is 13.8. The molecule has 0 aliphatic carbocycles. The molecule has 100 valence electrons. The Hall–Kier alpha value is -2.21. The molecule has 0 spiro atoms. The lowest BCUT2D eigenvalue weighted by molar-refractivity contribution is 0.0906. The van der Waals surface area contributed by atoms with E-state index in [1.165, 1.54) is 12.5 Å². The van der Waals surface area contributed by atoms with Gasteiger partial charge in [0.25, 0.3) is 5.91 Å². The molecule has 1 unspecified atom stereocenters. The van der Waals surface area contributed by atoms with E-state index in [-0.39, 0.29) is 12.5 Å². The largest absolute Gasteiger partial charge is 0.467 e. The zero-order valence-corrected chi connectivity index (χ0v) is 10.8. The van der Waals surface area contributed by atoms with Gasteiger partial charge in [-0.15, -0.1) is 0 Å². The summed E-state index contributed by atoms with van der Waals surface area (Å²) in [6.45, 7) is 3.25. The van der Waals surface area contributed by atoms with Crippen LogP contribution in [0.2, 0.25) is 0 Å². The van der Waals surface area contributed by atoms with Crippen LogP contribution in [0.4, 0.5) is 0 Å². The summed E-state index contributed by atoms with van der Waals surface area (Å²) < 4.78 is 5.17. The minimum atomic E-state index is -0.580. The lowest BCUT2D eigenvalue weighted by Gasteiger charge is -2.14. The normalized spacial score (nSPS) is 12.2. The maximum absolute atomic E-state index is 12.1. The summed E-state index contributed by atoms with van der Waals surface area (Å²) in [7, 11) is 0. The second-order valence-electron chi connectivity index (χ2n) is 4.14. The Morgan fingerprint density at radius 2 is 2.32 bits per heavy atom. The maximum atomic E-state index is 12.1. The number of nitrogens with one attached hydrogen (secondary N) is 1. The van der Waals surface area contributed by atoms with E-state index in [9.17, 15) is 9.90 Å². The molecule has 0 saturated heterocycles. The van der Waals surface area contributed by atoms with Gasteiger partial charge >= 0.3 is 0 Å². The van der Waals surface area contributed by atoms with Crippen molar-refractivity contribution in [3.63, 3.8) is 0 Å². The summed E-state index contributed by atoms with van der Waals surface area (Å²) in [5.41, 5.74) is 0.983. The molecule has 2 aromatic rings. The van der Waals surface area contributed by atoms with Crippen LogP contribution in [0.15, 0.2) is 29.0 Å². The van der Waals surface area contributed by atoms with E-state index < -0.39 is 6.04 Å². The summed E-state index contributed by atoms with van der Waals surface area (Å²) in [6, 6.07) is 2.81. The van der Waals surface area contributed by atoms with Gasteiger partial charge in [0, 0.05) is 6.20 Å². The molecule has 2 rings (SSSR count). The average molecular weight is 261 g/mol. The molecule has 1 amide bonds. The molecule has 0 aromatic carbocycles. The summed E-state index contributed by atoms with van der Waals surface area (Å²) >= 11 is 0.